The molecular formula is C50H76N2O4S2. The van der Waals surface area contributed by atoms with E-state index in [1.54, 1.807) is 22.7 Å². The molecule has 2 aromatic heterocycles. The first kappa shape index (κ1) is 47.9. The van der Waals surface area contributed by atoms with Gasteiger partial charge in [0.05, 0.1) is 10.8 Å². The van der Waals surface area contributed by atoms with Gasteiger partial charge in [0.25, 0.3) is 0 Å². The third kappa shape index (κ3) is 12.4. The van der Waals surface area contributed by atoms with E-state index in [-0.39, 0.29) is 22.8 Å². The third-order valence-corrected chi connectivity index (χ3v) is 14.0. The lowest BCUT2D eigenvalue weighted by Gasteiger charge is -2.38. The van der Waals surface area contributed by atoms with Crippen LogP contribution in [0.2, 0.25) is 0 Å². The van der Waals surface area contributed by atoms with Crippen molar-refractivity contribution < 1.29 is 19.1 Å². The second-order valence-corrected chi connectivity index (χ2v) is 22.7. The molecule has 0 atom stereocenters. The van der Waals surface area contributed by atoms with Crippen LogP contribution in [-0.2, 0) is 22.4 Å². The SMILES string of the molecule is CC(C)N(CCc1csc2cccc(OC(=O)C(C)(C)CC(C)(C)CCC(C)(C)CC(C)(C)C(=O)Oc3cccc4scc(CCN(C(C)C)C(C)C)c34)c12)C(C)C. The first-order valence-electron chi connectivity index (χ1n) is 21.8. The van der Waals surface area contributed by atoms with Crippen LogP contribution in [0.4, 0.5) is 0 Å². The first-order valence-corrected chi connectivity index (χ1v) is 23.5. The predicted octanol–water partition coefficient (Wildman–Crippen LogP) is 13.6. The van der Waals surface area contributed by atoms with Crippen molar-refractivity contribution in [3.8, 4) is 11.5 Å². The monoisotopic (exact) mass is 833 g/mol. The maximum Gasteiger partial charge on any atom is 0.316 e. The van der Waals surface area contributed by atoms with Gasteiger partial charge >= 0.3 is 11.9 Å². The van der Waals surface area contributed by atoms with Crippen molar-refractivity contribution in [2.24, 2.45) is 21.7 Å². The summed E-state index contributed by atoms with van der Waals surface area (Å²) in [7, 11) is 0. The maximum absolute atomic E-state index is 14.0. The van der Waals surface area contributed by atoms with Crippen molar-refractivity contribution >= 4 is 54.8 Å². The van der Waals surface area contributed by atoms with Gasteiger partial charge in [0.2, 0.25) is 0 Å². The van der Waals surface area contributed by atoms with Gasteiger partial charge in [0.1, 0.15) is 11.5 Å². The fourth-order valence-electron chi connectivity index (χ4n) is 9.37. The van der Waals surface area contributed by atoms with Gasteiger partial charge in [0, 0.05) is 57.4 Å². The number of rotatable bonds is 21. The molecule has 8 heteroatoms. The molecule has 0 N–H and O–H groups in total. The molecule has 0 aliphatic heterocycles. The normalized spacial score (nSPS) is 13.4. The zero-order valence-corrected chi connectivity index (χ0v) is 40.6. The number of benzene rings is 2. The molecule has 2 heterocycles. The van der Waals surface area contributed by atoms with Crippen LogP contribution in [0.15, 0.2) is 47.2 Å². The number of carbonyl (C=O) groups is 2. The lowest BCUT2D eigenvalue weighted by molar-refractivity contribution is -0.147. The Kier molecular flexibility index (Phi) is 15.9. The minimum Gasteiger partial charge on any atom is -0.425 e. The largest absolute Gasteiger partial charge is 0.425 e. The Morgan fingerprint density at radius 1 is 0.552 bits per heavy atom. The van der Waals surface area contributed by atoms with Crippen molar-refractivity contribution in [1.29, 1.82) is 0 Å². The minimum atomic E-state index is -0.690. The van der Waals surface area contributed by atoms with E-state index in [4.69, 9.17) is 9.47 Å². The number of hydrogen-bond acceptors (Lipinski definition) is 8. The molecule has 0 saturated heterocycles. The molecule has 0 fully saturated rings. The van der Waals surface area contributed by atoms with Gasteiger partial charge in [-0.15, -0.1) is 22.7 Å². The molecule has 0 spiro atoms. The summed E-state index contributed by atoms with van der Waals surface area (Å²) in [5, 5.41) is 6.60. The zero-order valence-electron chi connectivity index (χ0n) is 38.9. The molecule has 0 radical (unpaired) electrons. The van der Waals surface area contributed by atoms with Crippen LogP contribution in [0.1, 0.15) is 148 Å². The minimum absolute atomic E-state index is 0.132. The summed E-state index contributed by atoms with van der Waals surface area (Å²) >= 11 is 3.44. The highest BCUT2D eigenvalue weighted by Gasteiger charge is 2.40. The molecule has 0 saturated carbocycles. The van der Waals surface area contributed by atoms with Crippen molar-refractivity contribution in [3.05, 3.63) is 58.3 Å². The van der Waals surface area contributed by atoms with Crippen molar-refractivity contribution in [2.75, 3.05) is 13.1 Å². The second kappa shape index (κ2) is 19.3. The molecule has 4 rings (SSSR count). The highest BCUT2D eigenvalue weighted by Crippen LogP contribution is 2.45. The highest BCUT2D eigenvalue weighted by molar-refractivity contribution is 7.17. The van der Waals surface area contributed by atoms with Gasteiger partial charge in [-0.3, -0.25) is 19.4 Å². The Labute approximate surface area is 360 Å². The summed E-state index contributed by atoms with van der Waals surface area (Å²) < 4.78 is 14.9. The summed E-state index contributed by atoms with van der Waals surface area (Å²) in [5.74, 6) is 0.937. The van der Waals surface area contributed by atoms with E-state index >= 15 is 0 Å². The molecule has 6 nitrogen and oxygen atoms in total. The second-order valence-electron chi connectivity index (χ2n) is 20.9. The number of thiophene rings is 2. The number of fused-ring (bicyclic) bond motifs is 2. The summed E-state index contributed by atoms with van der Waals surface area (Å²) in [6, 6.07) is 14.0. The van der Waals surface area contributed by atoms with E-state index in [1.807, 2.05) is 52.0 Å². The van der Waals surface area contributed by atoms with E-state index in [9.17, 15) is 9.59 Å². The van der Waals surface area contributed by atoms with Crippen LogP contribution in [0.3, 0.4) is 0 Å². The quantitative estimate of drug-likeness (QED) is 0.0616. The summed E-state index contributed by atoms with van der Waals surface area (Å²) in [6.07, 6.45) is 5.01. The number of nitrogens with zero attached hydrogens (tertiary/aromatic N) is 2. The molecule has 0 bridgehead atoms. The van der Waals surface area contributed by atoms with Crippen molar-refractivity contribution in [3.63, 3.8) is 0 Å². The average Bonchev–Trinajstić information content (AvgIpc) is 3.71. The van der Waals surface area contributed by atoms with Gasteiger partial charge in [0.15, 0.2) is 0 Å². The molecule has 322 valence electrons. The van der Waals surface area contributed by atoms with Gasteiger partial charge in [-0.25, -0.2) is 0 Å². The Morgan fingerprint density at radius 2 is 0.879 bits per heavy atom. The standard InChI is InChI=1S/C50H76N2O4S2/c1-33(2)51(34(3)4)27-23-37-29-57-41-21-17-19-39(43(37)41)55-45(53)49(13,14)31-47(9,10)25-26-48(11,12)32-50(15,16)46(54)56-40-20-18-22-42-44(40)38(30-58-42)24-28-52(35(5)6)36(7)8/h17-22,29-30,33-36H,23-28,31-32H2,1-16H3. The summed E-state index contributed by atoms with van der Waals surface area (Å²) in [4.78, 5) is 33.0. The fraction of sp³-hybridized carbons (Fsp3) is 0.640. The smallest absolute Gasteiger partial charge is 0.316 e. The van der Waals surface area contributed by atoms with Gasteiger partial charge in [-0.05, 0) is 179 Å². The van der Waals surface area contributed by atoms with Crippen molar-refractivity contribution in [1.82, 2.24) is 9.80 Å². The number of carbonyl (C=O) groups excluding carboxylic acids is 2. The molecular weight excluding hydrogens is 757 g/mol. The Balaban J connectivity index is 1.39. The summed E-state index contributed by atoms with van der Waals surface area (Å²) in [5.41, 5.74) is 0.838. The number of hydrogen-bond donors (Lipinski definition) is 0. The van der Waals surface area contributed by atoms with Gasteiger partial charge < -0.3 is 9.47 Å². The molecule has 58 heavy (non-hydrogen) atoms. The van der Waals surface area contributed by atoms with Crippen LogP contribution in [-0.4, -0.2) is 59.0 Å². The molecule has 0 unspecified atom stereocenters. The Bertz CT molecular complexity index is 1820. The van der Waals surface area contributed by atoms with E-state index in [1.165, 1.54) is 11.1 Å². The number of ether oxygens (including phenoxy) is 2. The van der Waals surface area contributed by atoms with Gasteiger partial charge in [-0.2, -0.15) is 0 Å². The van der Waals surface area contributed by atoms with Gasteiger partial charge in [-0.1, -0.05) is 39.8 Å². The summed E-state index contributed by atoms with van der Waals surface area (Å²) in [6.45, 7) is 37.0. The average molecular weight is 833 g/mol. The van der Waals surface area contributed by atoms with Crippen LogP contribution in [0.5, 0.6) is 11.5 Å². The van der Waals surface area contributed by atoms with Crippen LogP contribution in [0.25, 0.3) is 20.2 Å². The first-order chi connectivity index (χ1) is 26.8. The predicted molar refractivity (Wildman–Crippen MR) is 250 cm³/mol. The maximum atomic E-state index is 14.0. The van der Waals surface area contributed by atoms with E-state index < -0.39 is 10.8 Å². The van der Waals surface area contributed by atoms with Crippen LogP contribution in [0, 0.1) is 21.7 Å². The zero-order chi connectivity index (χ0) is 43.4. The van der Waals surface area contributed by atoms with E-state index in [0.717, 1.165) is 58.9 Å². The molecule has 2 aromatic carbocycles. The lowest BCUT2D eigenvalue weighted by atomic mass is 9.67. The van der Waals surface area contributed by atoms with E-state index in [2.05, 4.69) is 116 Å². The molecule has 0 aliphatic carbocycles. The number of esters is 2. The topological polar surface area (TPSA) is 59.1 Å². The van der Waals surface area contributed by atoms with Crippen LogP contribution < -0.4 is 9.47 Å². The highest BCUT2D eigenvalue weighted by atomic mass is 32.1. The lowest BCUT2D eigenvalue weighted by Crippen LogP contribution is -2.38. The Morgan fingerprint density at radius 3 is 1.19 bits per heavy atom. The third-order valence-electron chi connectivity index (χ3n) is 12.0. The van der Waals surface area contributed by atoms with Crippen molar-refractivity contribution in [2.45, 2.75) is 173 Å². The fourth-order valence-corrected chi connectivity index (χ4v) is 11.4. The van der Waals surface area contributed by atoms with E-state index in [0.29, 0.717) is 48.5 Å². The Hall–Kier alpha value is -2.78. The van der Waals surface area contributed by atoms with Crippen LogP contribution >= 0.6 is 22.7 Å². The molecule has 0 amide bonds. The molecule has 4 aromatic rings. The molecule has 0 aliphatic rings.